The number of thiophene rings is 1. The van der Waals surface area contributed by atoms with Crippen molar-refractivity contribution in [3.8, 4) is 0 Å². The second-order valence-electron chi connectivity index (χ2n) is 6.82. The Morgan fingerprint density at radius 3 is 2.56 bits per heavy atom. The van der Waals surface area contributed by atoms with E-state index in [2.05, 4.69) is 5.32 Å². The summed E-state index contributed by atoms with van der Waals surface area (Å²) in [5.41, 5.74) is -0.466. The lowest BCUT2D eigenvalue weighted by molar-refractivity contribution is -0.151. The van der Waals surface area contributed by atoms with Crippen LogP contribution in [0.25, 0.3) is 0 Å². The van der Waals surface area contributed by atoms with Crippen LogP contribution in [0, 0.1) is 6.92 Å². The maximum absolute atomic E-state index is 13.0. The maximum atomic E-state index is 13.0. The lowest BCUT2D eigenvalue weighted by Gasteiger charge is -2.40. The van der Waals surface area contributed by atoms with Crippen molar-refractivity contribution < 1.29 is 23.9 Å². The van der Waals surface area contributed by atoms with Gasteiger partial charge in [0.25, 0.3) is 11.8 Å². The Labute approximate surface area is 161 Å². The van der Waals surface area contributed by atoms with Crippen LogP contribution in [0.5, 0.6) is 0 Å². The zero-order chi connectivity index (χ0) is 19.6. The van der Waals surface area contributed by atoms with Crippen LogP contribution in [0.4, 0.5) is 5.00 Å². The second-order valence-corrected chi connectivity index (χ2v) is 7.87. The van der Waals surface area contributed by atoms with E-state index in [0.717, 1.165) is 30.6 Å². The highest BCUT2D eigenvalue weighted by Crippen LogP contribution is 2.36. The molecule has 2 aromatic heterocycles. The number of nitrogens with one attached hydrogen (secondary N) is 1. The molecule has 0 atom stereocenters. The van der Waals surface area contributed by atoms with E-state index in [1.807, 2.05) is 0 Å². The van der Waals surface area contributed by atoms with Crippen molar-refractivity contribution in [2.75, 3.05) is 12.4 Å². The Hall–Kier alpha value is -2.61. The first-order chi connectivity index (χ1) is 12.8. The zero-order valence-electron chi connectivity index (χ0n) is 15.3. The molecule has 0 spiro atoms. The molecule has 0 bridgehead atoms. The maximum Gasteiger partial charge on any atom is 0.329 e. The molecule has 0 aliphatic heterocycles. The molecule has 0 aromatic carbocycles. The van der Waals surface area contributed by atoms with E-state index < -0.39 is 17.4 Å². The summed E-state index contributed by atoms with van der Waals surface area (Å²) in [6.07, 6.45) is 4.88. The van der Waals surface area contributed by atoms with Crippen LogP contribution in [-0.2, 0) is 4.79 Å². The van der Waals surface area contributed by atoms with Crippen molar-refractivity contribution in [2.24, 2.45) is 0 Å². The molecule has 1 aliphatic rings. The number of likely N-dealkylation sites (N-methyl/N-ethyl adjacent to an activating group) is 1. The molecule has 0 radical (unpaired) electrons. The minimum absolute atomic E-state index is 0.179. The minimum atomic E-state index is -1.16. The lowest BCUT2D eigenvalue weighted by Crippen LogP contribution is -2.56. The molecule has 2 heterocycles. The monoisotopic (exact) mass is 390 g/mol. The standard InChI is InChI=1S/C19H22N2O5S/c1-12-11-14(20-16(22)13-7-6-10-26-13)27-15(12)17(23)21(2)19(18(24)25)8-4-3-5-9-19/h6-7,10-11H,3-5,8-9H2,1-2H3,(H,20,22)(H,24,25). The molecule has 7 nitrogen and oxygen atoms in total. The number of anilines is 1. The number of carboxylic acid groups (broad SMARTS) is 1. The number of hydrogen-bond acceptors (Lipinski definition) is 5. The average Bonchev–Trinajstić information content (AvgIpc) is 3.31. The van der Waals surface area contributed by atoms with Gasteiger partial charge >= 0.3 is 5.97 Å². The predicted molar refractivity (Wildman–Crippen MR) is 101 cm³/mol. The van der Waals surface area contributed by atoms with Crippen LogP contribution in [0.3, 0.4) is 0 Å². The van der Waals surface area contributed by atoms with E-state index in [0.29, 0.717) is 28.3 Å². The topological polar surface area (TPSA) is 99.9 Å². The molecular weight excluding hydrogens is 368 g/mol. The van der Waals surface area contributed by atoms with Crippen LogP contribution in [-0.4, -0.2) is 40.4 Å². The van der Waals surface area contributed by atoms with Crippen molar-refractivity contribution in [2.45, 2.75) is 44.6 Å². The van der Waals surface area contributed by atoms with Gasteiger partial charge in [-0.15, -0.1) is 11.3 Å². The largest absolute Gasteiger partial charge is 0.479 e. The highest BCUT2D eigenvalue weighted by atomic mass is 32.1. The normalized spacial score (nSPS) is 15.9. The van der Waals surface area contributed by atoms with Gasteiger partial charge in [0.2, 0.25) is 0 Å². The first-order valence-corrected chi connectivity index (χ1v) is 9.63. The lowest BCUT2D eigenvalue weighted by atomic mass is 9.80. The Morgan fingerprint density at radius 2 is 1.96 bits per heavy atom. The molecular formula is C19H22N2O5S. The summed E-state index contributed by atoms with van der Waals surface area (Å²) in [5.74, 6) is -1.51. The van der Waals surface area contributed by atoms with Gasteiger partial charge in [-0.1, -0.05) is 19.3 Å². The second kappa shape index (κ2) is 7.56. The van der Waals surface area contributed by atoms with E-state index in [1.54, 1.807) is 32.2 Å². The molecule has 8 heteroatoms. The number of carboxylic acids is 1. The minimum Gasteiger partial charge on any atom is -0.479 e. The van der Waals surface area contributed by atoms with Crippen molar-refractivity contribution in [1.82, 2.24) is 4.90 Å². The number of nitrogens with zero attached hydrogens (tertiary/aromatic N) is 1. The van der Waals surface area contributed by atoms with Gasteiger partial charge in [0, 0.05) is 7.05 Å². The van der Waals surface area contributed by atoms with Gasteiger partial charge in [0.05, 0.1) is 16.1 Å². The Bertz CT molecular complexity index is 850. The number of aryl methyl sites for hydroxylation is 1. The fraction of sp³-hybridized carbons (Fsp3) is 0.421. The molecule has 27 heavy (non-hydrogen) atoms. The molecule has 1 fully saturated rings. The van der Waals surface area contributed by atoms with Crippen LogP contribution >= 0.6 is 11.3 Å². The van der Waals surface area contributed by atoms with Crippen molar-refractivity contribution in [1.29, 1.82) is 0 Å². The van der Waals surface area contributed by atoms with Crippen molar-refractivity contribution in [3.05, 3.63) is 40.7 Å². The quantitative estimate of drug-likeness (QED) is 0.810. The van der Waals surface area contributed by atoms with E-state index >= 15 is 0 Å². The summed E-state index contributed by atoms with van der Waals surface area (Å²) in [5, 5.41) is 13.0. The van der Waals surface area contributed by atoms with Crippen LogP contribution in [0.1, 0.15) is 57.9 Å². The molecule has 1 aliphatic carbocycles. The molecule has 1 saturated carbocycles. The van der Waals surface area contributed by atoms with Crippen molar-refractivity contribution in [3.63, 3.8) is 0 Å². The van der Waals surface area contributed by atoms with E-state index in [4.69, 9.17) is 4.42 Å². The number of aliphatic carboxylic acids is 1. The molecule has 0 saturated heterocycles. The summed E-state index contributed by atoms with van der Waals surface area (Å²) >= 11 is 1.14. The third kappa shape index (κ3) is 3.62. The molecule has 2 N–H and O–H groups in total. The number of rotatable bonds is 5. The number of carbonyl (C=O) groups excluding carboxylic acids is 2. The smallest absolute Gasteiger partial charge is 0.329 e. The van der Waals surface area contributed by atoms with Gasteiger partial charge in [-0.3, -0.25) is 9.59 Å². The third-order valence-corrected chi connectivity index (χ3v) is 6.26. The van der Waals surface area contributed by atoms with Crippen molar-refractivity contribution >= 4 is 34.1 Å². The van der Waals surface area contributed by atoms with Gasteiger partial charge in [0.1, 0.15) is 5.54 Å². The summed E-state index contributed by atoms with van der Waals surface area (Å²) < 4.78 is 5.06. The zero-order valence-corrected chi connectivity index (χ0v) is 16.1. The third-order valence-electron chi connectivity index (χ3n) is 5.12. The molecule has 0 unspecified atom stereocenters. The molecule has 3 rings (SSSR count). The molecule has 2 aromatic rings. The van der Waals surface area contributed by atoms with Gasteiger partial charge in [0.15, 0.2) is 5.76 Å². The highest BCUT2D eigenvalue weighted by molar-refractivity contribution is 7.18. The first kappa shape index (κ1) is 19.2. The Kier molecular flexibility index (Phi) is 5.36. The van der Waals surface area contributed by atoms with Gasteiger partial charge in [-0.05, 0) is 43.5 Å². The first-order valence-electron chi connectivity index (χ1n) is 8.82. The van der Waals surface area contributed by atoms with E-state index in [1.165, 1.54) is 11.2 Å². The molecule has 2 amide bonds. The number of hydrogen-bond donors (Lipinski definition) is 2. The Balaban J connectivity index is 1.81. The summed E-state index contributed by atoms with van der Waals surface area (Å²) in [6, 6.07) is 4.88. The van der Waals surface area contributed by atoms with Gasteiger partial charge < -0.3 is 19.7 Å². The van der Waals surface area contributed by atoms with E-state index in [-0.39, 0.29) is 11.7 Å². The number of furan rings is 1. The molecule has 144 valence electrons. The summed E-state index contributed by atoms with van der Waals surface area (Å²) in [7, 11) is 1.56. The number of amides is 2. The number of carbonyl (C=O) groups is 3. The summed E-state index contributed by atoms with van der Waals surface area (Å²) in [6.45, 7) is 1.77. The predicted octanol–water partition coefficient (Wildman–Crippen LogP) is 3.76. The fourth-order valence-electron chi connectivity index (χ4n) is 3.51. The fourth-order valence-corrected chi connectivity index (χ4v) is 4.56. The van der Waals surface area contributed by atoms with E-state index in [9.17, 15) is 19.5 Å². The van der Waals surface area contributed by atoms with Gasteiger partial charge in [-0.25, -0.2) is 4.79 Å². The van der Waals surface area contributed by atoms with Crippen LogP contribution in [0.2, 0.25) is 0 Å². The van der Waals surface area contributed by atoms with Crippen LogP contribution < -0.4 is 5.32 Å². The Morgan fingerprint density at radius 1 is 1.26 bits per heavy atom. The van der Waals surface area contributed by atoms with Gasteiger partial charge in [-0.2, -0.15) is 0 Å². The summed E-state index contributed by atoms with van der Waals surface area (Å²) in [4.78, 5) is 38.9. The average molecular weight is 390 g/mol. The SMILES string of the molecule is Cc1cc(NC(=O)c2ccco2)sc1C(=O)N(C)C1(C(=O)O)CCCCC1. The van der Waals surface area contributed by atoms with Crippen LogP contribution in [0.15, 0.2) is 28.9 Å². The highest BCUT2D eigenvalue weighted by Gasteiger charge is 2.46.